The van der Waals surface area contributed by atoms with Gasteiger partial charge in [-0.15, -0.1) is 0 Å². The first-order valence-electron chi connectivity index (χ1n) is 12.8. The molecule has 40 heavy (non-hydrogen) atoms. The summed E-state index contributed by atoms with van der Waals surface area (Å²) in [6.45, 7) is 5.09. The zero-order valence-electron chi connectivity index (χ0n) is 22.5. The number of hydrogen-bond donors (Lipinski definition) is 1. The summed E-state index contributed by atoms with van der Waals surface area (Å²) in [5.41, 5.74) is 0.898. The van der Waals surface area contributed by atoms with E-state index in [4.69, 9.17) is 34.8 Å². The molecule has 7 nitrogen and oxygen atoms in total. The summed E-state index contributed by atoms with van der Waals surface area (Å²) in [6.07, 6.45) is 1.02. The van der Waals surface area contributed by atoms with Crippen LogP contribution in [0.4, 0.5) is 5.69 Å². The molecule has 0 radical (unpaired) electrons. The van der Waals surface area contributed by atoms with Crippen LogP contribution in [0.15, 0.2) is 77.7 Å². The lowest BCUT2D eigenvalue weighted by Gasteiger charge is -2.33. The number of anilines is 1. The maximum absolute atomic E-state index is 14.0. The molecule has 0 aromatic heterocycles. The van der Waals surface area contributed by atoms with Crippen molar-refractivity contribution in [3.05, 3.63) is 93.4 Å². The smallest absolute Gasteiger partial charge is 0.264 e. The van der Waals surface area contributed by atoms with Crippen LogP contribution in [0.5, 0.6) is 0 Å². The predicted molar refractivity (Wildman–Crippen MR) is 161 cm³/mol. The molecule has 214 valence electrons. The second-order valence-corrected chi connectivity index (χ2v) is 12.4. The number of hydrogen-bond acceptors (Lipinski definition) is 4. The number of benzene rings is 3. The van der Waals surface area contributed by atoms with Crippen LogP contribution in [-0.4, -0.2) is 43.8 Å². The minimum absolute atomic E-state index is 0.0159. The van der Waals surface area contributed by atoms with Crippen molar-refractivity contribution in [2.45, 2.75) is 57.1 Å². The number of rotatable bonds is 12. The zero-order chi connectivity index (χ0) is 29.4. The van der Waals surface area contributed by atoms with Crippen molar-refractivity contribution < 1.29 is 18.0 Å². The molecular formula is C29H32Cl3N3O4S. The Morgan fingerprint density at radius 1 is 0.875 bits per heavy atom. The van der Waals surface area contributed by atoms with Gasteiger partial charge in [0, 0.05) is 17.6 Å². The average molecular weight is 625 g/mol. The van der Waals surface area contributed by atoms with E-state index in [-0.39, 0.29) is 29.1 Å². The van der Waals surface area contributed by atoms with E-state index in [0.29, 0.717) is 33.5 Å². The molecule has 0 aliphatic carbocycles. The van der Waals surface area contributed by atoms with Gasteiger partial charge in [0.25, 0.3) is 10.0 Å². The summed E-state index contributed by atoms with van der Waals surface area (Å²) < 4.78 is 28.6. The molecule has 0 saturated carbocycles. The van der Waals surface area contributed by atoms with Crippen LogP contribution < -0.4 is 9.62 Å². The van der Waals surface area contributed by atoms with Gasteiger partial charge in [0.2, 0.25) is 11.8 Å². The maximum Gasteiger partial charge on any atom is 0.264 e. The fourth-order valence-corrected chi connectivity index (χ4v) is 5.93. The quantitative estimate of drug-likeness (QED) is 0.247. The van der Waals surface area contributed by atoms with E-state index in [1.165, 1.54) is 29.2 Å². The molecule has 0 spiro atoms. The highest BCUT2D eigenvalue weighted by Crippen LogP contribution is 2.27. The first kappa shape index (κ1) is 31.7. The van der Waals surface area contributed by atoms with E-state index in [1.807, 2.05) is 13.8 Å². The van der Waals surface area contributed by atoms with Gasteiger partial charge >= 0.3 is 0 Å². The van der Waals surface area contributed by atoms with Crippen molar-refractivity contribution >= 4 is 62.3 Å². The molecule has 3 rings (SSSR count). The SMILES string of the molecule is CC[C@@H](C)NC(=O)[C@@H](CC)N(Cc1ccc(Cl)c(Cl)c1)C(=O)CN(c1ccc(Cl)cc1)S(=O)(=O)c1ccccc1. The van der Waals surface area contributed by atoms with E-state index in [0.717, 1.165) is 4.31 Å². The van der Waals surface area contributed by atoms with Gasteiger partial charge in [-0.1, -0.05) is 72.9 Å². The zero-order valence-corrected chi connectivity index (χ0v) is 25.6. The summed E-state index contributed by atoms with van der Waals surface area (Å²) in [5, 5.41) is 4.02. The molecule has 3 aromatic rings. The lowest BCUT2D eigenvalue weighted by Crippen LogP contribution is -2.53. The Labute approximate surface area is 251 Å². The van der Waals surface area contributed by atoms with Crippen molar-refractivity contribution in [3.63, 3.8) is 0 Å². The minimum atomic E-state index is -4.15. The lowest BCUT2D eigenvalue weighted by atomic mass is 10.1. The largest absolute Gasteiger partial charge is 0.352 e. The fraction of sp³-hybridized carbons (Fsp3) is 0.310. The number of carbonyl (C=O) groups excluding carboxylic acids is 2. The molecule has 3 aromatic carbocycles. The van der Waals surface area contributed by atoms with Crippen LogP contribution in [0.25, 0.3) is 0 Å². The third kappa shape index (κ3) is 7.91. The van der Waals surface area contributed by atoms with Crippen molar-refractivity contribution in [1.29, 1.82) is 0 Å². The molecule has 0 unspecified atom stereocenters. The highest BCUT2D eigenvalue weighted by molar-refractivity contribution is 7.92. The molecular weight excluding hydrogens is 593 g/mol. The van der Waals surface area contributed by atoms with Crippen LogP contribution in [0, 0.1) is 0 Å². The molecule has 0 fully saturated rings. The van der Waals surface area contributed by atoms with Crippen molar-refractivity contribution in [3.8, 4) is 0 Å². The standard InChI is InChI=1S/C29H32Cl3N3O4S/c1-4-20(3)33-29(37)27(5-2)34(18-21-11-16-25(31)26(32)17-21)28(36)19-35(23-14-12-22(30)13-15-23)40(38,39)24-9-7-6-8-10-24/h6-17,20,27H,4-5,18-19H2,1-3H3,(H,33,37)/t20-,27-/m1/s1. The maximum atomic E-state index is 14.0. The van der Waals surface area contributed by atoms with Crippen LogP contribution in [-0.2, 0) is 26.2 Å². The molecule has 11 heteroatoms. The highest BCUT2D eigenvalue weighted by Gasteiger charge is 2.34. The van der Waals surface area contributed by atoms with Gasteiger partial charge in [-0.25, -0.2) is 8.42 Å². The Bertz CT molecular complexity index is 1420. The Balaban J connectivity index is 2.06. The molecule has 0 heterocycles. The first-order chi connectivity index (χ1) is 19.0. The second-order valence-electron chi connectivity index (χ2n) is 9.31. The van der Waals surface area contributed by atoms with E-state index in [1.54, 1.807) is 55.5 Å². The predicted octanol–water partition coefficient (Wildman–Crippen LogP) is 6.56. The van der Waals surface area contributed by atoms with E-state index in [9.17, 15) is 18.0 Å². The van der Waals surface area contributed by atoms with Gasteiger partial charge < -0.3 is 10.2 Å². The van der Waals surface area contributed by atoms with Gasteiger partial charge in [0.1, 0.15) is 12.6 Å². The number of nitrogens with one attached hydrogen (secondary N) is 1. The van der Waals surface area contributed by atoms with Crippen molar-refractivity contribution in [2.24, 2.45) is 0 Å². The van der Waals surface area contributed by atoms with E-state index < -0.39 is 28.5 Å². The summed E-state index contributed by atoms with van der Waals surface area (Å²) in [6, 6.07) is 18.0. The molecule has 2 atom stereocenters. The summed E-state index contributed by atoms with van der Waals surface area (Å²) in [4.78, 5) is 28.8. The van der Waals surface area contributed by atoms with Crippen LogP contribution in [0.1, 0.15) is 39.2 Å². The lowest BCUT2D eigenvalue weighted by molar-refractivity contribution is -0.140. The summed E-state index contributed by atoms with van der Waals surface area (Å²) in [5.74, 6) is -0.888. The summed E-state index contributed by atoms with van der Waals surface area (Å²) in [7, 11) is -4.15. The van der Waals surface area contributed by atoms with Gasteiger partial charge in [-0.05, 0) is 73.9 Å². The Morgan fingerprint density at radius 2 is 1.52 bits per heavy atom. The van der Waals surface area contributed by atoms with E-state index >= 15 is 0 Å². The molecule has 2 amide bonds. The molecule has 1 N–H and O–H groups in total. The van der Waals surface area contributed by atoms with Gasteiger partial charge in [0.15, 0.2) is 0 Å². The topological polar surface area (TPSA) is 86.8 Å². The number of nitrogens with zero attached hydrogens (tertiary/aromatic N) is 2. The molecule has 0 bridgehead atoms. The first-order valence-corrected chi connectivity index (χ1v) is 15.4. The van der Waals surface area contributed by atoms with Gasteiger partial charge in [0.05, 0.1) is 20.6 Å². The molecule has 0 aliphatic heterocycles. The van der Waals surface area contributed by atoms with Crippen molar-refractivity contribution in [2.75, 3.05) is 10.8 Å². The van der Waals surface area contributed by atoms with Crippen LogP contribution in [0.2, 0.25) is 15.1 Å². The fourth-order valence-electron chi connectivity index (χ4n) is 4.05. The van der Waals surface area contributed by atoms with Crippen LogP contribution >= 0.6 is 34.8 Å². The number of halogens is 3. The Hall–Kier alpha value is -2.78. The van der Waals surface area contributed by atoms with Gasteiger partial charge in [-0.2, -0.15) is 0 Å². The average Bonchev–Trinajstić information content (AvgIpc) is 2.94. The molecule has 0 saturated heterocycles. The third-order valence-electron chi connectivity index (χ3n) is 6.45. The monoisotopic (exact) mass is 623 g/mol. The molecule has 0 aliphatic rings. The highest BCUT2D eigenvalue weighted by atomic mass is 35.5. The Kier molecular flexibility index (Phi) is 11.3. The number of carbonyl (C=O) groups is 2. The summed E-state index contributed by atoms with van der Waals surface area (Å²) >= 11 is 18.4. The van der Waals surface area contributed by atoms with Crippen LogP contribution in [0.3, 0.4) is 0 Å². The minimum Gasteiger partial charge on any atom is -0.352 e. The third-order valence-corrected chi connectivity index (χ3v) is 9.23. The number of amides is 2. The van der Waals surface area contributed by atoms with Gasteiger partial charge in [-0.3, -0.25) is 13.9 Å². The normalized spacial score (nSPS) is 12.8. The Morgan fingerprint density at radius 3 is 2.10 bits per heavy atom. The van der Waals surface area contributed by atoms with Crippen molar-refractivity contribution in [1.82, 2.24) is 10.2 Å². The number of sulfonamides is 1. The van der Waals surface area contributed by atoms with E-state index in [2.05, 4.69) is 5.32 Å². The second kappa shape index (κ2) is 14.2.